The van der Waals surface area contributed by atoms with E-state index in [2.05, 4.69) is 0 Å². The molecule has 0 bridgehead atoms. The second-order valence-corrected chi connectivity index (χ2v) is 3.39. The van der Waals surface area contributed by atoms with Crippen molar-refractivity contribution in [2.24, 2.45) is 0 Å². The minimum Gasteiger partial charge on any atom is -0.510 e. The lowest BCUT2D eigenvalue weighted by molar-refractivity contribution is 0.0950. The first-order valence-electron chi connectivity index (χ1n) is 4.95. The molecule has 4 heteroatoms. The van der Waals surface area contributed by atoms with E-state index in [0.29, 0.717) is 6.61 Å². The summed E-state index contributed by atoms with van der Waals surface area (Å²) in [5.41, 5.74) is 0. The Morgan fingerprint density at radius 1 is 1.79 bits per heavy atom. The fraction of sp³-hybridized carbons (Fsp3) is 0.700. The van der Waals surface area contributed by atoms with Crippen LogP contribution in [0.1, 0.15) is 26.2 Å². The Bertz CT molecular complexity index is 238. The SMILES string of the molecule is CCOC(=O)N(C)C1CCCC=C1O. The van der Waals surface area contributed by atoms with E-state index in [1.165, 1.54) is 4.90 Å². The molecule has 1 amide bonds. The van der Waals surface area contributed by atoms with Crippen LogP contribution in [0.15, 0.2) is 11.8 Å². The Morgan fingerprint density at radius 2 is 2.50 bits per heavy atom. The lowest BCUT2D eigenvalue weighted by atomic mass is 10.00. The smallest absolute Gasteiger partial charge is 0.410 e. The summed E-state index contributed by atoms with van der Waals surface area (Å²) in [5.74, 6) is 0.284. The molecular weight excluding hydrogens is 182 g/mol. The van der Waals surface area contributed by atoms with Crippen LogP contribution >= 0.6 is 0 Å². The van der Waals surface area contributed by atoms with Gasteiger partial charge < -0.3 is 14.7 Å². The highest BCUT2D eigenvalue weighted by molar-refractivity contribution is 5.68. The summed E-state index contributed by atoms with van der Waals surface area (Å²) in [6.45, 7) is 2.13. The Hall–Kier alpha value is -1.19. The van der Waals surface area contributed by atoms with Crippen molar-refractivity contribution in [3.05, 3.63) is 11.8 Å². The topological polar surface area (TPSA) is 49.8 Å². The zero-order chi connectivity index (χ0) is 10.6. The maximum absolute atomic E-state index is 11.4. The van der Waals surface area contributed by atoms with E-state index < -0.39 is 0 Å². The molecule has 0 aromatic rings. The van der Waals surface area contributed by atoms with Crippen LogP contribution in [0.4, 0.5) is 4.79 Å². The molecule has 0 aromatic heterocycles. The zero-order valence-electron chi connectivity index (χ0n) is 8.69. The lowest BCUT2D eigenvalue weighted by Crippen LogP contribution is -2.39. The predicted octanol–water partition coefficient (Wildman–Crippen LogP) is 2.07. The van der Waals surface area contributed by atoms with Gasteiger partial charge in [-0.25, -0.2) is 4.79 Å². The van der Waals surface area contributed by atoms with Gasteiger partial charge in [-0.3, -0.25) is 0 Å². The Kier molecular flexibility index (Phi) is 3.80. The molecule has 1 aliphatic carbocycles. The van der Waals surface area contributed by atoms with Crippen molar-refractivity contribution in [2.45, 2.75) is 32.2 Å². The molecule has 0 saturated heterocycles. The van der Waals surface area contributed by atoms with Crippen LogP contribution in [0.25, 0.3) is 0 Å². The monoisotopic (exact) mass is 199 g/mol. The molecule has 1 atom stereocenters. The number of nitrogens with zero attached hydrogens (tertiary/aromatic N) is 1. The standard InChI is InChI=1S/C10H17NO3/c1-3-14-10(13)11(2)8-6-4-5-7-9(8)12/h7-8,12H,3-6H2,1-2H3. The number of ether oxygens (including phenoxy) is 1. The van der Waals surface area contributed by atoms with Gasteiger partial charge in [0, 0.05) is 7.05 Å². The van der Waals surface area contributed by atoms with E-state index in [0.717, 1.165) is 19.3 Å². The highest BCUT2D eigenvalue weighted by atomic mass is 16.6. The van der Waals surface area contributed by atoms with Crippen molar-refractivity contribution >= 4 is 6.09 Å². The number of carbonyl (C=O) groups excluding carboxylic acids is 1. The van der Waals surface area contributed by atoms with Gasteiger partial charge >= 0.3 is 6.09 Å². The second-order valence-electron chi connectivity index (χ2n) is 3.39. The highest BCUT2D eigenvalue weighted by Gasteiger charge is 2.25. The third-order valence-corrected chi connectivity index (χ3v) is 2.40. The Balaban J connectivity index is 2.58. The quantitative estimate of drug-likeness (QED) is 0.740. The van der Waals surface area contributed by atoms with Crippen molar-refractivity contribution in [1.82, 2.24) is 4.90 Å². The number of likely N-dealkylation sites (N-methyl/N-ethyl adjacent to an activating group) is 1. The second kappa shape index (κ2) is 4.88. The zero-order valence-corrected chi connectivity index (χ0v) is 8.69. The predicted molar refractivity (Wildman–Crippen MR) is 53.1 cm³/mol. The normalized spacial score (nSPS) is 21.3. The maximum Gasteiger partial charge on any atom is 0.410 e. The molecule has 0 spiro atoms. The van der Waals surface area contributed by atoms with Crippen LogP contribution in [0, 0.1) is 0 Å². The van der Waals surface area contributed by atoms with Gasteiger partial charge in [-0.2, -0.15) is 0 Å². The summed E-state index contributed by atoms with van der Waals surface area (Å²) in [5, 5.41) is 9.57. The molecule has 80 valence electrons. The highest BCUT2D eigenvalue weighted by Crippen LogP contribution is 2.20. The lowest BCUT2D eigenvalue weighted by Gasteiger charge is -2.28. The number of rotatable bonds is 2. The van der Waals surface area contributed by atoms with E-state index in [9.17, 15) is 9.90 Å². The van der Waals surface area contributed by atoms with Crippen molar-refractivity contribution in [3.8, 4) is 0 Å². The number of hydrogen-bond donors (Lipinski definition) is 1. The summed E-state index contributed by atoms with van der Waals surface area (Å²) < 4.78 is 4.85. The Labute approximate surface area is 84.2 Å². The maximum atomic E-state index is 11.4. The van der Waals surface area contributed by atoms with Gasteiger partial charge in [0.05, 0.1) is 12.6 Å². The van der Waals surface area contributed by atoms with Crippen LogP contribution in [0.2, 0.25) is 0 Å². The molecule has 0 radical (unpaired) electrons. The number of amides is 1. The van der Waals surface area contributed by atoms with Crippen LogP contribution in [0.5, 0.6) is 0 Å². The van der Waals surface area contributed by atoms with E-state index in [-0.39, 0.29) is 17.9 Å². The molecule has 0 aromatic carbocycles. The van der Waals surface area contributed by atoms with Crippen molar-refractivity contribution in [1.29, 1.82) is 0 Å². The molecule has 0 saturated carbocycles. The summed E-state index contributed by atoms with van der Waals surface area (Å²) in [4.78, 5) is 12.8. The number of allylic oxidation sites excluding steroid dienone is 1. The van der Waals surface area contributed by atoms with Gasteiger partial charge in [-0.05, 0) is 32.3 Å². The fourth-order valence-corrected chi connectivity index (χ4v) is 1.59. The van der Waals surface area contributed by atoms with Crippen molar-refractivity contribution in [3.63, 3.8) is 0 Å². The fourth-order valence-electron chi connectivity index (χ4n) is 1.59. The van der Waals surface area contributed by atoms with Gasteiger partial charge in [0.1, 0.15) is 5.76 Å². The summed E-state index contributed by atoms with van der Waals surface area (Å²) >= 11 is 0. The van der Waals surface area contributed by atoms with Crippen LogP contribution < -0.4 is 0 Å². The summed E-state index contributed by atoms with van der Waals surface area (Å²) in [7, 11) is 1.65. The van der Waals surface area contributed by atoms with Crippen LogP contribution in [-0.4, -0.2) is 35.8 Å². The number of aliphatic hydroxyl groups is 1. The summed E-state index contributed by atoms with van der Waals surface area (Å²) in [6, 6.07) is -0.206. The molecule has 1 unspecified atom stereocenters. The van der Waals surface area contributed by atoms with Gasteiger partial charge in [-0.1, -0.05) is 0 Å². The first kappa shape index (κ1) is 10.9. The molecule has 4 nitrogen and oxygen atoms in total. The van der Waals surface area contributed by atoms with Crippen molar-refractivity contribution in [2.75, 3.05) is 13.7 Å². The van der Waals surface area contributed by atoms with Gasteiger partial charge in [0.25, 0.3) is 0 Å². The van der Waals surface area contributed by atoms with Crippen molar-refractivity contribution < 1.29 is 14.6 Å². The van der Waals surface area contributed by atoms with E-state index >= 15 is 0 Å². The van der Waals surface area contributed by atoms with Crippen LogP contribution in [0.3, 0.4) is 0 Å². The summed E-state index contributed by atoms with van der Waals surface area (Å²) in [6.07, 6.45) is 4.08. The molecule has 1 aliphatic rings. The van der Waals surface area contributed by atoms with Crippen LogP contribution in [-0.2, 0) is 4.74 Å². The van der Waals surface area contributed by atoms with Gasteiger partial charge in [0.15, 0.2) is 0 Å². The van der Waals surface area contributed by atoms with E-state index in [4.69, 9.17) is 4.74 Å². The largest absolute Gasteiger partial charge is 0.510 e. The first-order valence-corrected chi connectivity index (χ1v) is 4.95. The third kappa shape index (κ3) is 2.40. The number of aliphatic hydroxyl groups excluding tert-OH is 1. The molecule has 0 heterocycles. The average Bonchev–Trinajstić information content (AvgIpc) is 2.18. The molecule has 0 aliphatic heterocycles. The molecule has 14 heavy (non-hydrogen) atoms. The molecule has 1 N–H and O–H groups in total. The van der Waals surface area contributed by atoms with E-state index in [1.54, 1.807) is 20.0 Å². The minimum absolute atomic E-state index is 0.206. The Morgan fingerprint density at radius 3 is 3.07 bits per heavy atom. The van der Waals surface area contributed by atoms with E-state index in [1.807, 2.05) is 0 Å². The van der Waals surface area contributed by atoms with Gasteiger partial charge in [0.2, 0.25) is 0 Å². The molecule has 0 fully saturated rings. The third-order valence-electron chi connectivity index (χ3n) is 2.40. The molecule has 1 rings (SSSR count). The number of carbonyl (C=O) groups is 1. The number of hydrogen-bond acceptors (Lipinski definition) is 3. The molecular formula is C10H17NO3. The first-order chi connectivity index (χ1) is 6.66. The average molecular weight is 199 g/mol. The van der Waals surface area contributed by atoms with Gasteiger partial charge in [-0.15, -0.1) is 0 Å². The minimum atomic E-state index is -0.376.